The lowest BCUT2D eigenvalue weighted by atomic mass is 9.87. The molecule has 1 heterocycles. The molecular weight excluding hydrogens is 364 g/mol. The van der Waals surface area contributed by atoms with Crippen molar-refractivity contribution in [3.8, 4) is 0 Å². The molecule has 160 valence electrons. The number of amides is 2. The summed E-state index contributed by atoms with van der Waals surface area (Å²) < 4.78 is 0. The first-order chi connectivity index (χ1) is 13.9. The average Bonchev–Trinajstić information content (AvgIpc) is 2.66. The third-order valence-corrected chi connectivity index (χ3v) is 6.25. The molecule has 2 fully saturated rings. The van der Waals surface area contributed by atoms with Gasteiger partial charge < -0.3 is 10.6 Å². The standard InChI is InChI=1S/C23H36N4O2/c1-17-6-4-9-20(14-17)24-21(28)15-26-10-12-27(13-11-26)16-22(29)25-23-18(2)7-5-8-19(23)3/h5,7-8,17,20H,4,6,9-16H2,1-3H3,(H,24,28)(H,25,29). The second-order valence-corrected chi connectivity index (χ2v) is 8.90. The Labute approximate surface area is 175 Å². The van der Waals surface area contributed by atoms with E-state index in [-0.39, 0.29) is 11.8 Å². The number of benzene rings is 1. The zero-order chi connectivity index (χ0) is 20.8. The third-order valence-electron chi connectivity index (χ3n) is 6.25. The first-order valence-electron chi connectivity index (χ1n) is 11.0. The number of nitrogens with zero attached hydrogens (tertiary/aromatic N) is 2. The van der Waals surface area contributed by atoms with Crippen molar-refractivity contribution in [2.24, 2.45) is 5.92 Å². The molecule has 1 aliphatic heterocycles. The van der Waals surface area contributed by atoms with Crippen LogP contribution in [-0.2, 0) is 9.59 Å². The molecule has 29 heavy (non-hydrogen) atoms. The summed E-state index contributed by atoms with van der Waals surface area (Å²) in [5.74, 6) is 0.887. The summed E-state index contributed by atoms with van der Waals surface area (Å²) in [5.41, 5.74) is 3.09. The summed E-state index contributed by atoms with van der Waals surface area (Å²) in [4.78, 5) is 29.2. The lowest BCUT2D eigenvalue weighted by molar-refractivity contribution is -0.124. The summed E-state index contributed by atoms with van der Waals surface area (Å²) in [5, 5.41) is 6.28. The Morgan fingerprint density at radius 2 is 1.55 bits per heavy atom. The number of carbonyl (C=O) groups is 2. The highest BCUT2D eigenvalue weighted by molar-refractivity contribution is 5.93. The van der Waals surface area contributed by atoms with Gasteiger partial charge in [-0.15, -0.1) is 0 Å². The van der Waals surface area contributed by atoms with Gasteiger partial charge in [0, 0.05) is 37.9 Å². The van der Waals surface area contributed by atoms with E-state index in [0.29, 0.717) is 25.0 Å². The van der Waals surface area contributed by atoms with Gasteiger partial charge in [0.05, 0.1) is 13.1 Å². The summed E-state index contributed by atoms with van der Waals surface area (Å²) in [6.45, 7) is 10.4. The Morgan fingerprint density at radius 1 is 0.966 bits per heavy atom. The predicted octanol–water partition coefficient (Wildman–Crippen LogP) is 2.55. The fraction of sp³-hybridized carbons (Fsp3) is 0.652. The van der Waals surface area contributed by atoms with Gasteiger partial charge in [0.1, 0.15) is 0 Å². The monoisotopic (exact) mass is 400 g/mol. The molecule has 6 nitrogen and oxygen atoms in total. The summed E-state index contributed by atoms with van der Waals surface area (Å²) in [6.07, 6.45) is 4.72. The number of hydrogen-bond acceptors (Lipinski definition) is 4. The summed E-state index contributed by atoms with van der Waals surface area (Å²) in [6, 6.07) is 6.38. The van der Waals surface area contributed by atoms with Gasteiger partial charge in [0.15, 0.2) is 0 Å². The van der Waals surface area contributed by atoms with Crippen molar-refractivity contribution in [1.82, 2.24) is 15.1 Å². The van der Waals surface area contributed by atoms with E-state index in [4.69, 9.17) is 0 Å². The Kier molecular flexibility index (Phi) is 7.67. The van der Waals surface area contributed by atoms with Crippen LogP contribution in [-0.4, -0.2) is 66.9 Å². The number of rotatable bonds is 6. The van der Waals surface area contributed by atoms with E-state index < -0.39 is 0 Å². The Hall–Kier alpha value is -1.92. The van der Waals surface area contributed by atoms with Gasteiger partial charge in [-0.05, 0) is 43.7 Å². The molecule has 2 amide bonds. The van der Waals surface area contributed by atoms with Crippen LogP contribution in [0.4, 0.5) is 5.69 Å². The molecule has 1 aromatic carbocycles. The minimum Gasteiger partial charge on any atom is -0.352 e. The normalized spacial score (nSPS) is 23.6. The molecule has 0 radical (unpaired) electrons. The molecule has 1 saturated heterocycles. The molecular formula is C23H36N4O2. The molecule has 2 N–H and O–H groups in total. The molecule has 1 saturated carbocycles. The van der Waals surface area contributed by atoms with Gasteiger partial charge in [-0.1, -0.05) is 38.0 Å². The van der Waals surface area contributed by atoms with Crippen LogP contribution in [0, 0.1) is 19.8 Å². The van der Waals surface area contributed by atoms with E-state index in [9.17, 15) is 9.59 Å². The van der Waals surface area contributed by atoms with E-state index in [1.54, 1.807) is 0 Å². The van der Waals surface area contributed by atoms with Crippen LogP contribution in [0.5, 0.6) is 0 Å². The lowest BCUT2D eigenvalue weighted by Gasteiger charge is -2.34. The van der Waals surface area contributed by atoms with Crippen LogP contribution >= 0.6 is 0 Å². The maximum absolute atomic E-state index is 12.5. The number of aryl methyl sites for hydroxylation is 2. The molecule has 0 aromatic heterocycles. The number of nitrogens with one attached hydrogen (secondary N) is 2. The van der Waals surface area contributed by atoms with Gasteiger partial charge in [-0.3, -0.25) is 19.4 Å². The lowest BCUT2D eigenvalue weighted by Crippen LogP contribution is -2.52. The fourth-order valence-electron chi connectivity index (χ4n) is 4.54. The molecule has 2 unspecified atom stereocenters. The maximum atomic E-state index is 12.5. The van der Waals surface area contributed by atoms with Crippen molar-refractivity contribution in [2.75, 3.05) is 44.6 Å². The largest absolute Gasteiger partial charge is 0.352 e. The molecule has 3 rings (SSSR count). The molecule has 2 aliphatic rings. The minimum absolute atomic E-state index is 0.0278. The van der Waals surface area contributed by atoms with Gasteiger partial charge in [0.2, 0.25) is 11.8 Å². The van der Waals surface area contributed by atoms with Gasteiger partial charge in [-0.25, -0.2) is 0 Å². The first kappa shape index (κ1) is 21.8. The van der Waals surface area contributed by atoms with Crippen molar-refractivity contribution in [1.29, 1.82) is 0 Å². The Bertz CT molecular complexity index is 693. The topological polar surface area (TPSA) is 64.7 Å². The van der Waals surface area contributed by atoms with Crippen LogP contribution in [0.25, 0.3) is 0 Å². The Morgan fingerprint density at radius 3 is 2.14 bits per heavy atom. The quantitative estimate of drug-likeness (QED) is 0.770. The highest BCUT2D eigenvalue weighted by Gasteiger charge is 2.24. The fourth-order valence-corrected chi connectivity index (χ4v) is 4.54. The number of carbonyl (C=O) groups excluding carboxylic acids is 2. The average molecular weight is 401 g/mol. The molecule has 0 spiro atoms. The van der Waals surface area contributed by atoms with Crippen LogP contribution in [0.1, 0.15) is 43.7 Å². The second-order valence-electron chi connectivity index (χ2n) is 8.90. The van der Waals surface area contributed by atoms with E-state index in [2.05, 4.69) is 27.4 Å². The van der Waals surface area contributed by atoms with Crippen molar-refractivity contribution in [3.05, 3.63) is 29.3 Å². The molecule has 1 aliphatic carbocycles. The van der Waals surface area contributed by atoms with E-state index in [0.717, 1.165) is 55.8 Å². The Balaban J connectivity index is 1.37. The van der Waals surface area contributed by atoms with Gasteiger partial charge >= 0.3 is 0 Å². The number of anilines is 1. The molecule has 0 bridgehead atoms. The smallest absolute Gasteiger partial charge is 0.238 e. The van der Waals surface area contributed by atoms with E-state index >= 15 is 0 Å². The number of piperazine rings is 1. The predicted molar refractivity (Wildman–Crippen MR) is 117 cm³/mol. The second kappa shape index (κ2) is 10.2. The molecule has 6 heteroatoms. The van der Waals surface area contributed by atoms with Crippen LogP contribution in [0.15, 0.2) is 18.2 Å². The summed E-state index contributed by atoms with van der Waals surface area (Å²) in [7, 11) is 0. The molecule has 1 aromatic rings. The van der Waals surface area contributed by atoms with Crippen LogP contribution < -0.4 is 10.6 Å². The van der Waals surface area contributed by atoms with Crippen LogP contribution in [0.3, 0.4) is 0 Å². The SMILES string of the molecule is Cc1cccc(C)c1NC(=O)CN1CCN(CC(=O)NC2CCCC(C)C2)CC1. The van der Waals surface area contributed by atoms with Gasteiger partial charge in [-0.2, -0.15) is 0 Å². The third kappa shape index (κ3) is 6.54. The maximum Gasteiger partial charge on any atom is 0.238 e. The zero-order valence-corrected chi connectivity index (χ0v) is 18.2. The van der Waals surface area contributed by atoms with Crippen molar-refractivity contribution >= 4 is 17.5 Å². The van der Waals surface area contributed by atoms with Crippen molar-refractivity contribution in [3.63, 3.8) is 0 Å². The van der Waals surface area contributed by atoms with Crippen molar-refractivity contribution in [2.45, 2.75) is 52.5 Å². The molecule has 2 atom stereocenters. The summed E-state index contributed by atoms with van der Waals surface area (Å²) >= 11 is 0. The van der Waals surface area contributed by atoms with Crippen LogP contribution in [0.2, 0.25) is 0 Å². The number of hydrogen-bond donors (Lipinski definition) is 2. The highest BCUT2D eigenvalue weighted by atomic mass is 16.2. The van der Waals surface area contributed by atoms with Crippen molar-refractivity contribution < 1.29 is 9.59 Å². The van der Waals surface area contributed by atoms with E-state index in [1.165, 1.54) is 12.8 Å². The van der Waals surface area contributed by atoms with E-state index in [1.807, 2.05) is 32.0 Å². The van der Waals surface area contributed by atoms with Gasteiger partial charge in [0.25, 0.3) is 0 Å². The minimum atomic E-state index is 0.0278. The number of para-hydroxylation sites is 1. The first-order valence-corrected chi connectivity index (χ1v) is 11.0. The highest BCUT2D eigenvalue weighted by Crippen LogP contribution is 2.23. The zero-order valence-electron chi connectivity index (χ0n) is 18.2.